The number of ether oxygens (including phenoxy) is 4. The van der Waals surface area contributed by atoms with Crippen molar-refractivity contribution in [1.29, 1.82) is 0 Å². The van der Waals surface area contributed by atoms with Gasteiger partial charge < -0.3 is 18.9 Å². The summed E-state index contributed by atoms with van der Waals surface area (Å²) in [6.07, 6.45) is 22.0. The van der Waals surface area contributed by atoms with Crippen LogP contribution in [-0.2, 0) is 74.9 Å². The van der Waals surface area contributed by atoms with Crippen molar-refractivity contribution in [2.24, 2.45) is 0 Å². The zero-order chi connectivity index (χ0) is 66.0. The lowest BCUT2D eigenvalue weighted by Gasteiger charge is -2.21. The van der Waals surface area contributed by atoms with Crippen molar-refractivity contribution in [2.45, 2.75) is 105 Å². The number of aryl methyl sites for hydroxylation is 2. The third-order valence-electron chi connectivity index (χ3n) is 14.4. The molecule has 0 aliphatic carbocycles. The highest BCUT2D eigenvalue weighted by Gasteiger charge is 2.22. The fourth-order valence-corrected chi connectivity index (χ4v) is 10.3. The molecular weight excluding hydrogens is 1210 g/mol. The van der Waals surface area contributed by atoms with Gasteiger partial charge in [-0.3, -0.25) is 4.89 Å². The maximum atomic E-state index is 12.9. The monoisotopic (exact) mass is 1270 g/mol. The van der Waals surface area contributed by atoms with Gasteiger partial charge in [0.25, 0.3) is 0 Å². The van der Waals surface area contributed by atoms with Crippen molar-refractivity contribution in [3.63, 3.8) is 0 Å². The Kier molecular flexibility index (Phi) is 28.4. The number of unbranched alkanes of at least 4 members (excludes halogenated alkanes) is 10. The molecule has 20 heteroatoms. The maximum Gasteiger partial charge on any atom is 0.421 e. The van der Waals surface area contributed by atoms with Gasteiger partial charge in [-0.25, -0.2) is 14.8 Å². The van der Waals surface area contributed by atoms with Crippen molar-refractivity contribution in [1.82, 2.24) is 0 Å². The van der Waals surface area contributed by atoms with Crippen molar-refractivity contribution < 1.29 is 99.1 Å². The summed E-state index contributed by atoms with van der Waals surface area (Å²) in [6, 6.07) is 41.2. The van der Waals surface area contributed by atoms with Gasteiger partial charge in [-0.1, -0.05) is 150 Å². The summed E-state index contributed by atoms with van der Waals surface area (Å²) >= 11 is 0. The fraction of sp³-hybridized carbons (Fsp3) is 0.243. The molecule has 0 spiro atoms. The second-order valence-corrected chi connectivity index (χ2v) is 20.6. The van der Waals surface area contributed by atoms with Crippen LogP contribution in [-0.4, -0.2) is 30.4 Å². The minimum absolute atomic E-state index is 0.228. The van der Waals surface area contributed by atoms with E-state index in [1.54, 1.807) is 12.1 Å². The lowest BCUT2D eigenvalue weighted by molar-refractivity contribution is -0.874. The van der Waals surface area contributed by atoms with Gasteiger partial charge in [-0.2, -0.15) is 0 Å². The first-order valence-corrected chi connectivity index (χ1v) is 29.9. The van der Waals surface area contributed by atoms with Gasteiger partial charge in [0.2, 0.25) is 0 Å². The summed E-state index contributed by atoms with van der Waals surface area (Å²) in [5.41, 5.74) is 8.00. The molecule has 0 saturated carbocycles. The smallest absolute Gasteiger partial charge is 0.421 e. The molecule has 94 heavy (non-hydrogen) atoms. The van der Waals surface area contributed by atoms with E-state index in [2.05, 4.69) is 249 Å². The average molecular weight is 1270 g/mol. The highest BCUT2D eigenvalue weighted by Crippen LogP contribution is 2.48. The number of fused-ring (bicyclic) bond motifs is 4. The fourth-order valence-electron chi connectivity index (χ4n) is 10.3. The number of terminal acetylenes is 1. The van der Waals surface area contributed by atoms with Gasteiger partial charge in [0.05, 0.1) is 13.2 Å². The molecule has 0 aliphatic heterocycles. The first-order valence-electron chi connectivity index (χ1n) is 29.9. The molecule has 0 atom stereocenters. The minimum Gasteiger partial charge on any atom is -0.494 e. The Balaban J connectivity index is 1.12. The SMILES string of the molecule is C#CC#CC#CC#COc1ccc2c(C)c3cc(OCCCCCCCC)ccc3c(-c3ccc4c(-c5ccc(OC(=O)C#CC#CC#CC(=O)OOOOOOOOOOOOOO)cc5)c5cc(C)ccc5c(-c5ccc(OCCCCCCCC)cc5)c4c3)c2c1. The van der Waals surface area contributed by atoms with Gasteiger partial charge >= 0.3 is 11.9 Å². The van der Waals surface area contributed by atoms with E-state index in [0.717, 1.165) is 125 Å². The molecule has 1 N–H and O–H groups in total. The molecule has 0 aliphatic rings. The van der Waals surface area contributed by atoms with Crippen molar-refractivity contribution in [3.05, 3.63) is 132 Å². The van der Waals surface area contributed by atoms with Gasteiger partial charge in [-0.05, 0) is 235 Å². The Morgan fingerprint density at radius 1 is 0.394 bits per heavy atom. The maximum absolute atomic E-state index is 12.9. The molecule has 20 nitrogen and oxygen atoms in total. The lowest BCUT2D eigenvalue weighted by atomic mass is 9.83. The number of hydrogen-bond donors (Lipinski definition) is 1. The lowest BCUT2D eigenvalue weighted by Crippen LogP contribution is -2.06. The average Bonchev–Trinajstić information content (AvgIpc) is 0.729. The number of carbonyl (C=O) groups excluding carboxylic acids is 2. The van der Waals surface area contributed by atoms with E-state index in [1.807, 2.05) is 30.2 Å². The van der Waals surface area contributed by atoms with Crippen molar-refractivity contribution >= 4 is 55.0 Å². The zero-order valence-electron chi connectivity index (χ0n) is 51.7. The molecule has 8 aromatic rings. The third kappa shape index (κ3) is 20.8. The van der Waals surface area contributed by atoms with Gasteiger partial charge in [0.1, 0.15) is 29.1 Å². The van der Waals surface area contributed by atoms with Crippen LogP contribution in [0.25, 0.3) is 76.5 Å². The third-order valence-corrected chi connectivity index (χ3v) is 14.4. The van der Waals surface area contributed by atoms with Crippen LogP contribution in [0.3, 0.4) is 0 Å². The largest absolute Gasteiger partial charge is 0.494 e. The van der Waals surface area contributed by atoms with Crippen LogP contribution < -0.4 is 18.9 Å². The summed E-state index contributed by atoms with van der Waals surface area (Å²) in [5.74, 6) is 28.6. The number of benzene rings is 8. The molecule has 478 valence electrons. The Morgan fingerprint density at radius 3 is 1.48 bits per heavy atom. The van der Waals surface area contributed by atoms with E-state index in [4.69, 9.17) is 30.6 Å². The molecular formula is C74H62O20. The van der Waals surface area contributed by atoms with E-state index in [-0.39, 0.29) is 5.75 Å². The molecule has 0 aromatic heterocycles. The van der Waals surface area contributed by atoms with Crippen molar-refractivity contribution in [3.8, 4) is 140 Å². The predicted octanol–water partition coefficient (Wildman–Crippen LogP) is 15.5. The Morgan fingerprint density at radius 2 is 0.840 bits per heavy atom. The predicted molar refractivity (Wildman–Crippen MR) is 343 cm³/mol. The molecule has 8 rings (SSSR count). The van der Waals surface area contributed by atoms with Gasteiger partial charge in [-0.15, -0.1) is 6.42 Å². The Labute approximate surface area is 542 Å². The van der Waals surface area contributed by atoms with E-state index in [9.17, 15) is 9.59 Å². The van der Waals surface area contributed by atoms with E-state index >= 15 is 0 Å². The molecule has 0 bridgehead atoms. The van der Waals surface area contributed by atoms with Crippen molar-refractivity contribution in [2.75, 3.05) is 13.2 Å². The summed E-state index contributed by atoms with van der Waals surface area (Å²) in [7, 11) is 0. The Hall–Kier alpha value is -10.5. The number of rotatable bonds is 33. The first kappa shape index (κ1) is 69.4. The molecule has 0 saturated heterocycles. The van der Waals surface area contributed by atoms with Gasteiger partial charge in [0, 0.05) is 59.8 Å². The number of hydrogen-bond acceptors (Lipinski definition) is 20. The number of esters is 1. The first-order chi connectivity index (χ1) is 46.2. The van der Waals surface area contributed by atoms with Crippen LogP contribution >= 0.6 is 0 Å². The number of carbonyl (C=O) groups is 2. The molecule has 0 unspecified atom stereocenters. The van der Waals surface area contributed by atoms with E-state index in [1.165, 1.54) is 51.4 Å². The van der Waals surface area contributed by atoms with Crippen LogP contribution in [0.4, 0.5) is 0 Å². The highest BCUT2D eigenvalue weighted by molar-refractivity contribution is 6.23. The molecule has 0 heterocycles. The second-order valence-electron chi connectivity index (χ2n) is 20.6. The minimum atomic E-state index is -1.30. The second kappa shape index (κ2) is 38.4. The van der Waals surface area contributed by atoms with Crippen LogP contribution in [0.15, 0.2) is 121 Å². The van der Waals surface area contributed by atoms with Crippen LogP contribution in [0.1, 0.15) is 102 Å². The topological polar surface area (TPSA) is 211 Å². The molecule has 8 aromatic carbocycles. The summed E-state index contributed by atoms with van der Waals surface area (Å²) in [4.78, 5) is 28.7. The molecule has 0 fully saturated rings. The highest BCUT2D eigenvalue weighted by atomic mass is 18.0. The van der Waals surface area contributed by atoms with Crippen LogP contribution in [0, 0.1) is 97.4 Å². The zero-order valence-corrected chi connectivity index (χ0v) is 51.7. The van der Waals surface area contributed by atoms with Gasteiger partial charge in [0.15, 0.2) is 0 Å². The van der Waals surface area contributed by atoms with E-state index in [0.29, 0.717) is 19.0 Å². The molecule has 0 radical (unpaired) electrons. The van der Waals surface area contributed by atoms with E-state index < -0.39 is 11.9 Å². The summed E-state index contributed by atoms with van der Waals surface area (Å²) in [5, 5.41) is 58.8. The normalized spacial score (nSPS) is 10.4. The Bertz CT molecular complexity index is 4370. The standard InChI is InChI=1S/C74H62O20/c1-6-9-12-15-20-25-46-78-58-36-31-55(32-37-58)73-64-42-30-53(4)49-67(64)72(56-33-38-59(39-34-56)81-70(75)28-23-18-19-24-29-71(76)82-84-86-88-90-92-94-93-91-89-87-85-83-77)65-43-35-57(50-68(65)73)74-63-45-41-60(79-47-26-21-16-13-10-7-2)51-66(63)54(5)62-44-40-61(52-69(62)74)80-48-27-22-17-14-11-8-3/h3,30-45,49-52,77H,6-7,9-10,12-13,15-16,20-21,25-26,46-47H2,1-2,4-5H3. The van der Waals surface area contributed by atoms with Crippen LogP contribution in [0.5, 0.6) is 23.0 Å². The van der Waals surface area contributed by atoms with Crippen LogP contribution in [0.2, 0.25) is 0 Å². The molecule has 0 amide bonds. The summed E-state index contributed by atoms with van der Waals surface area (Å²) < 4.78 is 24.4. The quantitative estimate of drug-likeness (QED) is 0.00592. The summed E-state index contributed by atoms with van der Waals surface area (Å²) in [6.45, 7) is 9.95.